The molecule has 1 rings (SSSR count). The molecule has 46 valence electrons. The first-order chi connectivity index (χ1) is 3.83. The lowest BCUT2D eigenvalue weighted by atomic mass is 10.3. The second-order valence-corrected chi connectivity index (χ2v) is 2.19. The normalized spacial score (nSPS) is 27.1. The Morgan fingerprint density at radius 1 is 2.00 bits per heavy atom. The monoisotopic (exact) mass is 131 g/mol. The lowest BCUT2D eigenvalue weighted by Crippen LogP contribution is -2.13. The summed E-state index contributed by atoms with van der Waals surface area (Å²) in [7, 11) is 0. The summed E-state index contributed by atoms with van der Waals surface area (Å²) in [4.78, 5) is 0. The van der Waals surface area contributed by atoms with Gasteiger partial charge in [-0.1, -0.05) is 6.92 Å². The van der Waals surface area contributed by atoms with E-state index < -0.39 is 0 Å². The van der Waals surface area contributed by atoms with Gasteiger partial charge in [-0.05, 0) is 18.6 Å². The van der Waals surface area contributed by atoms with Gasteiger partial charge in [0.15, 0.2) is 0 Å². The van der Waals surface area contributed by atoms with E-state index in [0.29, 0.717) is 11.3 Å². The summed E-state index contributed by atoms with van der Waals surface area (Å²) < 4.78 is 5.13. The molecule has 0 amide bonds. The van der Waals surface area contributed by atoms with Crippen LogP contribution in [0.4, 0.5) is 0 Å². The number of nitrogens with one attached hydrogen (secondary N) is 1. The van der Waals surface area contributed by atoms with Gasteiger partial charge in [-0.25, -0.2) is 0 Å². The molecule has 3 heteroatoms. The molecule has 0 saturated carbocycles. The largest absolute Gasteiger partial charge is 0.466 e. The topological polar surface area (TPSA) is 21.3 Å². The molecule has 1 atom stereocenters. The maximum atomic E-state index is 5.13. The first kappa shape index (κ1) is 5.82. The van der Waals surface area contributed by atoms with Crippen molar-refractivity contribution in [3.8, 4) is 0 Å². The van der Waals surface area contributed by atoms with Crippen molar-refractivity contribution in [1.29, 1.82) is 0 Å². The lowest BCUT2D eigenvalue weighted by Gasteiger charge is -2.00. The average molecular weight is 131 g/mol. The fourth-order valence-electron chi connectivity index (χ4n) is 0.660. The van der Waals surface area contributed by atoms with Crippen molar-refractivity contribution in [2.75, 3.05) is 6.54 Å². The highest BCUT2D eigenvalue weighted by Crippen LogP contribution is 2.02. The van der Waals surface area contributed by atoms with Gasteiger partial charge >= 0.3 is 0 Å². The quantitative estimate of drug-likeness (QED) is 0.528. The zero-order chi connectivity index (χ0) is 5.98. The average Bonchev–Trinajstić information content (AvgIpc) is 2.14. The highest BCUT2D eigenvalue weighted by molar-refractivity contribution is 7.80. The number of hydrogen-bond donors (Lipinski definition) is 1. The molecule has 0 spiro atoms. The molecule has 1 saturated heterocycles. The van der Waals surface area contributed by atoms with Crippen molar-refractivity contribution in [3.05, 3.63) is 0 Å². The summed E-state index contributed by atoms with van der Waals surface area (Å²) in [5.74, 6) is 0. The highest BCUT2D eigenvalue weighted by atomic mass is 32.1. The van der Waals surface area contributed by atoms with Crippen LogP contribution >= 0.6 is 12.2 Å². The molecule has 0 aromatic heterocycles. The molecule has 0 aromatic carbocycles. The molecule has 1 N–H and O–H groups in total. The number of hydrogen-bond acceptors (Lipinski definition) is 2. The van der Waals surface area contributed by atoms with Gasteiger partial charge in [-0.15, -0.1) is 0 Å². The van der Waals surface area contributed by atoms with Crippen LogP contribution in [0.25, 0.3) is 0 Å². The molecular formula is C5H9NOS. The van der Waals surface area contributed by atoms with Gasteiger partial charge in [0.2, 0.25) is 0 Å². The van der Waals surface area contributed by atoms with E-state index in [1.165, 1.54) is 0 Å². The Kier molecular flexibility index (Phi) is 1.68. The van der Waals surface area contributed by atoms with Crippen LogP contribution in [0.5, 0.6) is 0 Å². The Hall–Kier alpha value is -0.310. The van der Waals surface area contributed by atoms with E-state index in [1.54, 1.807) is 0 Å². The molecule has 2 nitrogen and oxygen atoms in total. The van der Waals surface area contributed by atoms with Crippen LogP contribution < -0.4 is 5.32 Å². The third-order valence-electron chi connectivity index (χ3n) is 1.20. The molecule has 8 heavy (non-hydrogen) atoms. The first-order valence-electron chi connectivity index (χ1n) is 2.77. The molecule has 0 aromatic rings. The van der Waals surface area contributed by atoms with Crippen LogP contribution in [0, 0.1) is 0 Å². The smallest absolute Gasteiger partial charge is 0.257 e. The van der Waals surface area contributed by atoms with Gasteiger partial charge in [0.25, 0.3) is 5.17 Å². The van der Waals surface area contributed by atoms with E-state index in [0.717, 1.165) is 13.0 Å². The Morgan fingerprint density at radius 3 is 3.00 bits per heavy atom. The minimum absolute atomic E-state index is 0.322. The van der Waals surface area contributed by atoms with Crippen LogP contribution in [-0.2, 0) is 4.74 Å². The predicted octanol–water partition coefficient (Wildman–Crippen LogP) is 0.670. The van der Waals surface area contributed by atoms with Crippen LogP contribution in [-0.4, -0.2) is 17.8 Å². The van der Waals surface area contributed by atoms with Gasteiger partial charge in [0.1, 0.15) is 6.10 Å². The van der Waals surface area contributed by atoms with Crippen LogP contribution in [0.2, 0.25) is 0 Å². The van der Waals surface area contributed by atoms with Crippen LogP contribution in [0.3, 0.4) is 0 Å². The Labute approximate surface area is 54.2 Å². The van der Waals surface area contributed by atoms with Crippen molar-refractivity contribution in [3.63, 3.8) is 0 Å². The fraction of sp³-hybridized carbons (Fsp3) is 0.800. The first-order valence-corrected chi connectivity index (χ1v) is 3.18. The van der Waals surface area contributed by atoms with Crippen molar-refractivity contribution in [2.45, 2.75) is 19.4 Å². The van der Waals surface area contributed by atoms with Gasteiger partial charge in [0, 0.05) is 0 Å². The van der Waals surface area contributed by atoms with Gasteiger partial charge in [-0.3, -0.25) is 0 Å². The van der Waals surface area contributed by atoms with E-state index in [2.05, 4.69) is 12.2 Å². The highest BCUT2D eigenvalue weighted by Gasteiger charge is 2.16. The van der Waals surface area contributed by atoms with Crippen molar-refractivity contribution in [2.24, 2.45) is 0 Å². The standard InChI is InChI=1S/C5H9NOS/c1-2-4-3-6-5(8)7-4/h4H,2-3H2,1H3,(H,6,8). The molecule has 0 aliphatic carbocycles. The van der Waals surface area contributed by atoms with E-state index in [-0.39, 0.29) is 0 Å². The van der Waals surface area contributed by atoms with Crippen LogP contribution in [0.1, 0.15) is 13.3 Å². The van der Waals surface area contributed by atoms with Crippen molar-refractivity contribution < 1.29 is 4.74 Å². The van der Waals surface area contributed by atoms with Gasteiger partial charge in [0.05, 0.1) is 6.54 Å². The van der Waals surface area contributed by atoms with Gasteiger partial charge in [-0.2, -0.15) is 0 Å². The van der Waals surface area contributed by atoms with Crippen molar-refractivity contribution >= 4 is 17.4 Å². The summed E-state index contributed by atoms with van der Waals surface area (Å²) in [6, 6.07) is 0. The number of rotatable bonds is 1. The molecule has 1 unspecified atom stereocenters. The molecule has 1 aliphatic heterocycles. The Morgan fingerprint density at radius 2 is 2.75 bits per heavy atom. The summed E-state index contributed by atoms with van der Waals surface area (Å²) in [6.45, 7) is 2.97. The molecule has 0 bridgehead atoms. The van der Waals surface area contributed by atoms with E-state index in [9.17, 15) is 0 Å². The van der Waals surface area contributed by atoms with Crippen LogP contribution in [0.15, 0.2) is 0 Å². The molecule has 0 radical (unpaired) electrons. The summed E-state index contributed by atoms with van der Waals surface area (Å²) >= 11 is 4.73. The number of ether oxygens (including phenoxy) is 1. The molecular weight excluding hydrogens is 122 g/mol. The summed E-state index contributed by atoms with van der Waals surface area (Å²) in [5.41, 5.74) is 0. The zero-order valence-corrected chi connectivity index (χ0v) is 5.62. The fourth-order valence-corrected chi connectivity index (χ4v) is 0.879. The van der Waals surface area contributed by atoms with Crippen molar-refractivity contribution in [1.82, 2.24) is 5.32 Å². The lowest BCUT2D eigenvalue weighted by molar-refractivity contribution is 0.231. The molecule has 1 aliphatic rings. The maximum Gasteiger partial charge on any atom is 0.257 e. The molecule has 1 fully saturated rings. The van der Waals surface area contributed by atoms with E-state index >= 15 is 0 Å². The van der Waals surface area contributed by atoms with Gasteiger partial charge < -0.3 is 10.1 Å². The third-order valence-corrected chi connectivity index (χ3v) is 1.44. The SMILES string of the molecule is CCC1CNC(=S)O1. The second-order valence-electron chi connectivity index (χ2n) is 1.82. The second kappa shape index (κ2) is 2.31. The summed E-state index contributed by atoms with van der Waals surface area (Å²) in [5, 5.41) is 3.48. The minimum Gasteiger partial charge on any atom is -0.466 e. The predicted molar refractivity (Wildman–Crippen MR) is 35.8 cm³/mol. The van der Waals surface area contributed by atoms with E-state index in [4.69, 9.17) is 17.0 Å². The Balaban J connectivity index is 2.32. The van der Waals surface area contributed by atoms with E-state index in [1.807, 2.05) is 0 Å². The third kappa shape index (κ3) is 1.10. The zero-order valence-electron chi connectivity index (χ0n) is 4.81. The molecule has 1 heterocycles. The minimum atomic E-state index is 0.322. The maximum absolute atomic E-state index is 5.13. The Bertz CT molecular complexity index is 105. The summed E-state index contributed by atoms with van der Waals surface area (Å²) in [6.07, 6.45) is 1.36. The number of thiocarbonyl (C=S) groups is 1.